The van der Waals surface area contributed by atoms with E-state index in [1.807, 2.05) is 54.3 Å². The van der Waals surface area contributed by atoms with Crippen LogP contribution >= 0.6 is 12.4 Å². The summed E-state index contributed by atoms with van der Waals surface area (Å²) in [5.41, 5.74) is 9.77. The van der Waals surface area contributed by atoms with Crippen LogP contribution in [0.15, 0.2) is 54.6 Å². The number of carbonyl (C=O) groups is 2. The summed E-state index contributed by atoms with van der Waals surface area (Å²) in [6.07, 6.45) is 1.02. The molecule has 2 aliphatic rings. The minimum Gasteiger partial charge on any atom is -0.339 e. The molecule has 2 heterocycles. The quantitative estimate of drug-likeness (QED) is 0.838. The fourth-order valence-corrected chi connectivity index (χ4v) is 4.35. The lowest BCUT2D eigenvalue weighted by atomic mass is 9.95. The van der Waals surface area contributed by atoms with Gasteiger partial charge in [0.2, 0.25) is 11.8 Å². The first kappa shape index (κ1) is 21.3. The molecule has 2 amide bonds. The maximum Gasteiger partial charge on any atom is 0.245 e. The van der Waals surface area contributed by atoms with Crippen molar-refractivity contribution in [3.8, 4) is 0 Å². The highest BCUT2D eigenvalue weighted by Crippen LogP contribution is 2.30. The van der Waals surface area contributed by atoms with Gasteiger partial charge in [-0.25, -0.2) is 0 Å². The van der Waals surface area contributed by atoms with E-state index in [0.29, 0.717) is 32.5 Å². The zero-order valence-electron chi connectivity index (χ0n) is 16.7. The number of nitrogens with zero attached hydrogens (tertiary/aromatic N) is 2. The molecular weight excluding hydrogens is 386 g/mol. The summed E-state index contributed by atoms with van der Waals surface area (Å²) in [4.78, 5) is 29.3. The van der Waals surface area contributed by atoms with Crippen LogP contribution in [0.4, 0.5) is 0 Å². The number of benzene rings is 2. The number of aryl methyl sites for hydroxylation is 1. The van der Waals surface area contributed by atoms with Crippen LogP contribution in [0, 0.1) is 6.92 Å². The first-order valence-corrected chi connectivity index (χ1v) is 9.97. The van der Waals surface area contributed by atoms with Gasteiger partial charge in [-0.15, -0.1) is 12.4 Å². The van der Waals surface area contributed by atoms with E-state index in [4.69, 9.17) is 5.73 Å². The molecule has 2 saturated heterocycles. The molecule has 3 atom stereocenters. The third kappa shape index (κ3) is 4.46. The number of halogens is 1. The maximum absolute atomic E-state index is 13.2. The molecule has 154 valence electrons. The molecule has 2 N–H and O–H groups in total. The second-order valence-corrected chi connectivity index (χ2v) is 7.99. The molecule has 0 bridgehead atoms. The summed E-state index contributed by atoms with van der Waals surface area (Å²) in [5.74, 6) is 0.238. The Morgan fingerprint density at radius 3 is 2.45 bits per heavy atom. The van der Waals surface area contributed by atoms with Gasteiger partial charge in [-0.05, 0) is 24.5 Å². The van der Waals surface area contributed by atoms with Crippen molar-refractivity contribution >= 4 is 24.2 Å². The second-order valence-electron chi connectivity index (χ2n) is 7.99. The molecule has 0 aromatic heterocycles. The van der Waals surface area contributed by atoms with Crippen LogP contribution < -0.4 is 5.73 Å². The van der Waals surface area contributed by atoms with E-state index in [1.54, 1.807) is 4.90 Å². The number of rotatable bonds is 4. The molecule has 0 aliphatic carbocycles. The van der Waals surface area contributed by atoms with Crippen molar-refractivity contribution in [1.82, 2.24) is 9.80 Å². The predicted molar refractivity (Wildman–Crippen MR) is 116 cm³/mol. The second kappa shape index (κ2) is 8.97. The molecule has 0 radical (unpaired) electrons. The third-order valence-electron chi connectivity index (χ3n) is 5.99. The molecule has 29 heavy (non-hydrogen) atoms. The molecule has 1 unspecified atom stereocenters. The predicted octanol–water partition coefficient (Wildman–Crippen LogP) is 2.86. The van der Waals surface area contributed by atoms with Crippen LogP contribution in [0.2, 0.25) is 0 Å². The van der Waals surface area contributed by atoms with Gasteiger partial charge in [-0.1, -0.05) is 60.2 Å². The highest BCUT2D eigenvalue weighted by molar-refractivity contribution is 5.91. The van der Waals surface area contributed by atoms with Crippen molar-refractivity contribution in [1.29, 1.82) is 0 Å². The van der Waals surface area contributed by atoms with Crippen LogP contribution in [0.25, 0.3) is 0 Å². The summed E-state index contributed by atoms with van der Waals surface area (Å²) in [6, 6.07) is 17.8. The molecule has 0 spiro atoms. The van der Waals surface area contributed by atoms with E-state index in [0.717, 1.165) is 5.56 Å². The molecule has 5 nitrogen and oxygen atoms in total. The molecule has 0 saturated carbocycles. The van der Waals surface area contributed by atoms with Gasteiger partial charge in [-0.3, -0.25) is 9.59 Å². The summed E-state index contributed by atoms with van der Waals surface area (Å²) in [5, 5.41) is 0. The fraction of sp³-hybridized carbons (Fsp3) is 0.391. The molecule has 2 aromatic rings. The first-order chi connectivity index (χ1) is 13.5. The van der Waals surface area contributed by atoms with Gasteiger partial charge in [0, 0.05) is 38.0 Å². The Labute approximate surface area is 178 Å². The smallest absolute Gasteiger partial charge is 0.245 e. The lowest BCUT2D eigenvalue weighted by molar-refractivity contribution is -0.141. The van der Waals surface area contributed by atoms with Gasteiger partial charge in [0.05, 0.1) is 0 Å². The summed E-state index contributed by atoms with van der Waals surface area (Å²) < 4.78 is 0. The molecule has 2 fully saturated rings. The number of carbonyl (C=O) groups excluding carboxylic acids is 2. The molecule has 2 aliphatic heterocycles. The van der Waals surface area contributed by atoms with E-state index < -0.39 is 0 Å². The molecule has 4 rings (SSSR count). The molecule has 2 aromatic carbocycles. The minimum atomic E-state index is -0.379. The Kier molecular flexibility index (Phi) is 6.60. The van der Waals surface area contributed by atoms with E-state index >= 15 is 0 Å². The highest BCUT2D eigenvalue weighted by Gasteiger charge is 2.42. The van der Waals surface area contributed by atoms with Gasteiger partial charge in [0.25, 0.3) is 0 Å². The average Bonchev–Trinajstić information content (AvgIpc) is 3.27. The largest absolute Gasteiger partial charge is 0.339 e. The number of amides is 2. The van der Waals surface area contributed by atoms with E-state index in [9.17, 15) is 9.59 Å². The van der Waals surface area contributed by atoms with Gasteiger partial charge in [0.1, 0.15) is 6.04 Å². The maximum atomic E-state index is 13.2. The lowest BCUT2D eigenvalue weighted by Gasteiger charge is -2.28. The van der Waals surface area contributed by atoms with E-state index in [2.05, 4.69) is 12.1 Å². The lowest BCUT2D eigenvalue weighted by Crippen LogP contribution is -2.46. The van der Waals surface area contributed by atoms with Gasteiger partial charge in [-0.2, -0.15) is 0 Å². The van der Waals surface area contributed by atoms with Crippen molar-refractivity contribution in [2.75, 3.05) is 13.1 Å². The number of hydrogen-bond donors (Lipinski definition) is 1. The molecular formula is C23H28ClN3O2. The van der Waals surface area contributed by atoms with Crippen LogP contribution in [0.1, 0.15) is 35.4 Å². The Morgan fingerprint density at radius 1 is 1.07 bits per heavy atom. The third-order valence-corrected chi connectivity index (χ3v) is 5.99. The van der Waals surface area contributed by atoms with Gasteiger partial charge in [0.15, 0.2) is 0 Å². The Morgan fingerprint density at radius 2 is 1.76 bits per heavy atom. The Balaban J connectivity index is 0.00000240. The normalized spacial score (nSPS) is 23.9. The zero-order chi connectivity index (χ0) is 19.7. The summed E-state index contributed by atoms with van der Waals surface area (Å²) >= 11 is 0. The van der Waals surface area contributed by atoms with Crippen LogP contribution in [0.5, 0.6) is 0 Å². The zero-order valence-corrected chi connectivity index (χ0v) is 17.5. The molecule has 6 heteroatoms. The van der Waals surface area contributed by atoms with E-state index in [1.165, 1.54) is 11.1 Å². The number of nitrogens with two attached hydrogens (primary N) is 1. The van der Waals surface area contributed by atoms with Gasteiger partial charge >= 0.3 is 0 Å². The Hall–Kier alpha value is -2.37. The SMILES string of the molecule is Cc1ccc(CN2C(=O)CCC2C(=O)N2C[C@@H](N)[C@H](c3ccccc3)C2)cc1.Cl. The van der Waals surface area contributed by atoms with Crippen molar-refractivity contribution in [3.05, 3.63) is 71.3 Å². The van der Waals surface area contributed by atoms with Crippen LogP contribution in [-0.4, -0.2) is 46.8 Å². The van der Waals surface area contributed by atoms with Crippen molar-refractivity contribution in [2.24, 2.45) is 5.73 Å². The Bertz CT molecular complexity index is 856. The highest BCUT2D eigenvalue weighted by atomic mass is 35.5. The standard InChI is InChI=1S/C23H27N3O2.ClH/c1-16-7-9-17(10-8-16)13-26-21(11-12-22(26)27)23(28)25-14-19(20(24)15-25)18-5-3-2-4-6-18;/h2-10,19-21H,11-15,24H2,1H3;1H/t19-,20+,21?;/m0./s1. The van der Waals surface area contributed by atoms with Crippen LogP contribution in [-0.2, 0) is 16.1 Å². The van der Waals surface area contributed by atoms with Crippen molar-refractivity contribution in [2.45, 2.75) is 44.3 Å². The van der Waals surface area contributed by atoms with Gasteiger partial charge < -0.3 is 15.5 Å². The van der Waals surface area contributed by atoms with Crippen molar-refractivity contribution in [3.63, 3.8) is 0 Å². The topological polar surface area (TPSA) is 66.6 Å². The summed E-state index contributed by atoms with van der Waals surface area (Å²) in [7, 11) is 0. The summed E-state index contributed by atoms with van der Waals surface area (Å²) in [6.45, 7) is 3.68. The number of hydrogen-bond acceptors (Lipinski definition) is 3. The number of likely N-dealkylation sites (tertiary alicyclic amines) is 2. The minimum absolute atomic E-state index is 0. The van der Waals surface area contributed by atoms with E-state index in [-0.39, 0.29) is 42.2 Å². The van der Waals surface area contributed by atoms with Crippen molar-refractivity contribution < 1.29 is 9.59 Å². The average molecular weight is 414 g/mol. The fourth-order valence-electron chi connectivity index (χ4n) is 4.35. The first-order valence-electron chi connectivity index (χ1n) is 9.97. The monoisotopic (exact) mass is 413 g/mol. The van der Waals surface area contributed by atoms with Crippen LogP contribution in [0.3, 0.4) is 0 Å².